The van der Waals surface area contributed by atoms with Crippen LogP contribution in [0.15, 0.2) is 35.7 Å². The van der Waals surface area contributed by atoms with Crippen molar-refractivity contribution in [3.63, 3.8) is 0 Å². The SMILES string of the molecule is O=PC1=CC=CCC=C1. The minimum Gasteiger partial charge on any atom is -0.269 e. The zero-order chi connectivity index (χ0) is 6.53. The van der Waals surface area contributed by atoms with Crippen molar-refractivity contribution in [3.05, 3.63) is 35.7 Å². The molecule has 0 aromatic rings. The minimum atomic E-state index is 0.104. The summed E-state index contributed by atoms with van der Waals surface area (Å²) in [6.45, 7) is 0. The van der Waals surface area contributed by atoms with Crippen LogP contribution in [0, 0.1) is 0 Å². The second-order valence-electron chi connectivity index (χ2n) is 1.75. The van der Waals surface area contributed by atoms with Gasteiger partial charge in [0.1, 0.15) is 0 Å². The van der Waals surface area contributed by atoms with Gasteiger partial charge in [0.25, 0.3) is 0 Å². The van der Waals surface area contributed by atoms with Crippen molar-refractivity contribution in [2.24, 2.45) is 0 Å². The topological polar surface area (TPSA) is 17.1 Å². The molecule has 46 valence electrons. The monoisotopic (exact) mass is 138 g/mol. The molecule has 0 aromatic carbocycles. The molecule has 0 unspecified atom stereocenters. The first-order chi connectivity index (χ1) is 4.43. The predicted octanol–water partition coefficient (Wildman–Crippen LogP) is 2.68. The summed E-state index contributed by atoms with van der Waals surface area (Å²) in [7, 11) is 0.104. The van der Waals surface area contributed by atoms with Crippen LogP contribution in [-0.4, -0.2) is 0 Å². The summed E-state index contributed by atoms with van der Waals surface area (Å²) in [6.07, 6.45) is 10.6. The van der Waals surface area contributed by atoms with Crippen LogP contribution in [-0.2, 0) is 4.57 Å². The summed E-state index contributed by atoms with van der Waals surface area (Å²) in [5.74, 6) is 0. The maximum atomic E-state index is 10.3. The average molecular weight is 138 g/mol. The molecule has 0 bridgehead atoms. The molecule has 0 heterocycles. The van der Waals surface area contributed by atoms with Crippen molar-refractivity contribution in [3.8, 4) is 0 Å². The van der Waals surface area contributed by atoms with E-state index in [0.29, 0.717) is 0 Å². The molecule has 0 aliphatic heterocycles. The fourth-order valence-corrected chi connectivity index (χ4v) is 0.942. The van der Waals surface area contributed by atoms with Crippen LogP contribution >= 0.6 is 8.46 Å². The van der Waals surface area contributed by atoms with Gasteiger partial charge in [0, 0.05) is 5.31 Å². The third kappa shape index (κ3) is 1.95. The van der Waals surface area contributed by atoms with E-state index in [1.807, 2.05) is 30.4 Å². The van der Waals surface area contributed by atoms with Crippen molar-refractivity contribution in [2.45, 2.75) is 6.42 Å². The molecule has 0 amide bonds. The van der Waals surface area contributed by atoms with Gasteiger partial charge in [-0.15, -0.1) is 0 Å². The van der Waals surface area contributed by atoms with Crippen LogP contribution in [0.25, 0.3) is 0 Å². The molecule has 9 heavy (non-hydrogen) atoms. The van der Waals surface area contributed by atoms with Gasteiger partial charge in [-0.3, -0.25) is 4.57 Å². The first kappa shape index (κ1) is 6.44. The number of hydrogen-bond acceptors (Lipinski definition) is 1. The zero-order valence-corrected chi connectivity index (χ0v) is 5.84. The van der Waals surface area contributed by atoms with E-state index in [4.69, 9.17) is 0 Å². The number of rotatable bonds is 1. The molecule has 0 aromatic heterocycles. The molecular formula is C7H7OP. The van der Waals surface area contributed by atoms with E-state index >= 15 is 0 Å². The Labute approximate surface area is 56.0 Å². The van der Waals surface area contributed by atoms with Crippen molar-refractivity contribution >= 4 is 8.46 Å². The maximum Gasteiger partial charge on any atom is 0.192 e. The Kier molecular flexibility index (Phi) is 2.41. The number of allylic oxidation sites excluding steroid dienone is 6. The van der Waals surface area contributed by atoms with Gasteiger partial charge in [-0.05, 0) is 12.5 Å². The van der Waals surface area contributed by atoms with E-state index in [-0.39, 0.29) is 8.46 Å². The standard InChI is InChI=1S/C7H7OP/c8-9-7-5-3-1-2-4-6-7/h1,3-6H,2H2. The molecule has 0 atom stereocenters. The van der Waals surface area contributed by atoms with E-state index in [1.165, 1.54) is 0 Å². The number of hydrogen-bond donors (Lipinski definition) is 0. The molecule has 0 N–H and O–H groups in total. The summed E-state index contributed by atoms with van der Waals surface area (Å²) in [6, 6.07) is 0. The molecule has 0 saturated carbocycles. The molecule has 1 nitrogen and oxygen atoms in total. The Bertz CT molecular complexity index is 189. The molecule has 1 rings (SSSR count). The zero-order valence-electron chi connectivity index (χ0n) is 4.95. The molecule has 1 aliphatic carbocycles. The van der Waals surface area contributed by atoms with Crippen molar-refractivity contribution < 1.29 is 4.57 Å². The highest BCUT2D eigenvalue weighted by molar-refractivity contribution is 7.29. The highest BCUT2D eigenvalue weighted by Gasteiger charge is 1.88. The van der Waals surface area contributed by atoms with Gasteiger partial charge in [-0.2, -0.15) is 0 Å². The Hall–Kier alpha value is -0.680. The van der Waals surface area contributed by atoms with Crippen LogP contribution in [0.3, 0.4) is 0 Å². The van der Waals surface area contributed by atoms with Crippen LogP contribution in [0.2, 0.25) is 0 Å². The Morgan fingerprint density at radius 1 is 1.44 bits per heavy atom. The van der Waals surface area contributed by atoms with Gasteiger partial charge in [0.15, 0.2) is 8.46 Å². The molecule has 0 radical (unpaired) electrons. The highest BCUT2D eigenvalue weighted by Crippen LogP contribution is 2.15. The van der Waals surface area contributed by atoms with Gasteiger partial charge >= 0.3 is 0 Å². The van der Waals surface area contributed by atoms with Crippen molar-refractivity contribution in [2.75, 3.05) is 0 Å². The van der Waals surface area contributed by atoms with Crippen LogP contribution in [0.4, 0.5) is 0 Å². The lowest BCUT2D eigenvalue weighted by molar-refractivity contribution is 0.602. The average Bonchev–Trinajstić information content (AvgIpc) is 2.13. The van der Waals surface area contributed by atoms with Gasteiger partial charge in [0.2, 0.25) is 0 Å². The van der Waals surface area contributed by atoms with Crippen molar-refractivity contribution in [1.29, 1.82) is 0 Å². The van der Waals surface area contributed by atoms with Gasteiger partial charge < -0.3 is 0 Å². The molecule has 2 heteroatoms. The first-order valence-electron chi connectivity index (χ1n) is 2.80. The molecule has 0 saturated heterocycles. The van der Waals surface area contributed by atoms with Crippen LogP contribution < -0.4 is 0 Å². The lowest BCUT2D eigenvalue weighted by Crippen LogP contribution is -1.56. The maximum absolute atomic E-state index is 10.3. The van der Waals surface area contributed by atoms with E-state index in [1.54, 1.807) is 0 Å². The molecular weight excluding hydrogens is 131 g/mol. The molecule has 0 fully saturated rings. The lowest BCUT2D eigenvalue weighted by atomic mass is 10.4. The van der Waals surface area contributed by atoms with E-state index in [0.717, 1.165) is 11.7 Å². The molecule has 0 spiro atoms. The summed E-state index contributed by atoms with van der Waals surface area (Å²) in [4.78, 5) is 0. The van der Waals surface area contributed by atoms with Crippen molar-refractivity contribution in [1.82, 2.24) is 0 Å². The first-order valence-corrected chi connectivity index (χ1v) is 3.61. The second kappa shape index (κ2) is 3.37. The predicted molar refractivity (Wildman–Crippen MR) is 38.6 cm³/mol. The smallest absolute Gasteiger partial charge is 0.192 e. The highest BCUT2D eigenvalue weighted by atomic mass is 31.1. The second-order valence-corrected chi connectivity index (χ2v) is 2.45. The third-order valence-corrected chi connectivity index (χ3v) is 1.58. The Morgan fingerprint density at radius 3 is 3.11 bits per heavy atom. The summed E-state index contributed by atoms with van der Waals surface area (Å²) >= 11 is 0. The normalized spacial score (nSPS) is 17.6. The fourth-order valence-electron chi connectivity index (χ4n) is 0.629. The van der Waals surface area contributed by atoms with Crippen LogP contribution in [0.1, 0.15) is 6.42 Å². The molecule has 1 aliphatic rings. The van der Waals surface area contributed by atoms with E-state index in [2.05, 4.69) is 0 Å². The van der Waals surface area contributed by atoms with Gasteiger partial charge in [-0.1, -0.05) is 24.3 Å². The fraction of sp³-hybridized carbons (Fsp3) is 0.143. The van der Waals surface area contributed by atoms with E-state index < -0.39 is 0 Å². The summed E-state index contributed by atoms with van der Waals surface area (Å²) in [5.41, 5.74) is 0. The Morgan fingerprint density at radius 2 is 2.33 bits per heavy atom. The van der Waals surface area contributed by atoms with Gasteiger partial charge in [-0.25, -0.2) is 0 Å². The quantitative estimate of drug-likeness (QED) is 0.509. The summed E-state index contributed by atoms with van der Waals surface area (Å²) < 4.78 is 10.3. The van der Waals surface area contributed by atoms with E-state index in [9.17, 15) is 4.57 Å². The minimum absolute atomic E-state index is 0.104. The van der Waals surface area contributed by atoms with Crippen LogP contribution in [0.5, 0.6) is 0 Å². The lowest BCUT2D eigenvalue weighted by Gasteiger charge is -1.78. The third-order valence-electron chi connectivity index (χ3n) is 1.07. The summed E-state index contributed by atoms with van der Waals surface area (Å²) in [5, 5.41) is 0.837. The largest absolute Gasteiger partial charge is 0.269 e. The van der Waals surface area contributed by atoms with Gasteiger partial charge in [0.05, 0.1) is 0 Å². The Balaban J connectivity index is 2.78.